The normalized spacial score (nSPS) is 19.9. The standard InChI is InChI=1S/C33H36N4O8/c1-19(38)20-9-11-21(12-10-20)36-29(40)35-17-15-24-27(37(35)30(36)41)23-14-13-22(18-26(23)44-33(24,5)6)43-28(39)25-8-7-16-34(25)31(42)45-32(2,3)4/h9-15,18,25,27H,7-8,16-17H2,1-6H3/t25-,27?/m0/s1. The van der Waals surface area contributed by atoms with Crippen molar-refractivity contribution in [2.24, 2.45) is 0 Å². The van der Waals surface area contributed by atoms with E-state index in [-0.39, 0.29) is 18.1 Å². The maximum Gasteiger partial charge on any atom is 0.411 e. The molecule has 1 amide bonds. The maximum absolute atomic E-state index is 13.9. The number of fused-ring (bicyclic) bond motifs is 5. The Bertz CT molecular complexity index is 1870. The number of Topliss-reactive ketones (excluding diaryl/α,β-unsaturated/α-hetero) is 1. The van der Waals surface area contributed by atoms with Crippen LogP contribution in [0.15, 0.2) is 63.7 Å². The Balaban J connectivity index is 1.33. The number of nitrogens with zero attached hydrogens (tertiary/aromatic N) is 4. The van der Waals surface area contributed by atoms with Crippen LogP contribution in [0.1, 0.15) is 76.3 Å². The zero-order chi connectivity index (χ0) is 32.4. The van der Waals surface area contributed by atoms with Gasteiger partial charge in [-0.3, -0.25) is 9.69 Å². The van der Waals surface area contributed by atoms with E-state index in [0.29, 0.717) is 42.0 Å². The number of carbonyl (C=O) groups is 3. The van der Waals surface area contributed by atoms with Crippen molar-refractivity contribution in [1.82, 2.24) is 18.8 Å². The van der Waals surface area contributed by atoms with E-state index in [9.17, 15) is 24.0 Å². The number of hydrogen-bond donors (Lipinski definition) is 0. The summed E-state index contributed by atoms with van der Waals surface area (Å²) in [6, 6.07) is 9.83. The maximum atomic E-state index is 13.9. The fourth-order valence-corrected chi connectivity index (χ4v) is 6.24. The van der Waals surface area contributed by atoms with Crippen molar-refractivity contribution in [2.75, 3.05) is 6.54 Å². The third kappa shape index (κ3) is 5.27. The molecule has 1 fully saturated rings. The Labute approximate surface area is 259 Å². The smallest absolute Gasteiger partial charge is 0.411 e. The second-order valence-electron chi connectivity index (χ2n) is 13.1. The van der Waals surface area contributed by atoms with Crippen molar-refractivity contribution in [2.45, 2.75) is 84.2 Å². The van der Waals surface area contributed by atoms with Crippen LogP contribution in [0.5, 0.6) is 11.5 Å². The molecule has 0 N–H and O–H groups in total. The van der Waals surface area contributed by atoms with E-state index in [1.807, 2.05) is 19.9 Å². The van der Waals surface area contributed by atoms with E-state index in [1.54, 1.807) is 63.2 Å². The van der Waals surface area contributed by atoms with Crippen molar-refractivity contribution in [3.05, 3.63) is 86.2 Å². The molecule has 0 radical (unpaired) electrons. The lowest BCUT2D eigenvalue weighted by Crippen LogP contribution is -2.46. The van der Waals surface area contributed by atoms with Gasteiger partial charge in [-0.05, 0) is 96.4 Å². The first-order valence-corrected chi connectivity index (χ1v) is 15.0. The molecule has 3 aromatic rings. The van der Waals surface area contributed by atoms with Gasteiger partial charge in [0.1, 0.15) is 34.8 Å². The van der Waals surface area contributed by atoms with Crippen LogP contribution >= 0.6 is 0 Å². The molecule has 0 bridgehead atoms. The predicted molar refractivity (Wildman–Crippen MR) is 163 cm³/mol. The van der Waals surface area contributed by atoms with Gasteiger partial charge >= 0.3 is 23.4 Å². The lowest BCUT2D eigenvalue weighted by molar-refractivity contribution is -0.139. The van der Waals surface area contributed by atoms with E-state index < -0.39 is 46.7 Å². The molecule has 6 rings (SSSR count). The summed E-state index contributed by atoms with van der Waals surface area (Å²) >= 11 is 0. The minimum Gasteiger partial charge on any atom is -0.483 e. The third-order valence-electron chi connectivity index (χ3n) is 8.33. The van der Waals surface area contributed by atoms with Crippen LogP contribution in [-0.2, 0) is 16.1 Å². The highest BCUT2D eigenvalue weighted by Crippen LogP contribution is 2.47. The second kappa shape index (κ2) is 10.6. The van der Waals surface area contributed by atoms with Gasteiger partial charge in [-0.25, -0.2) is 33.1 Å². The Morgan fingerprint density at radius 2 is 1.71 bits per heavy atom. The molecule has 0 saturated carbocycles. The molecule has 12 heteroatoms. The SMILES string of the molecule is CC(=O)c1ccc(-n2c(=O)n3n(c2=O)C2C(=CC3)C(C)(C)Oc3cc(OC(=O)[C@@H]4CCCN4C(=O)OC(C)(C)C)ccc32)cc1. The topological polar surface area (TPSA) is 131 Å². The number of rotatable bonds is 4. The number of esters is 1. The molecule has 45 heavy (non-hydrogen) atoms. The zero-order valence-electron chi connectivity index (χ0n) is 26.2. The van der Waals surface area contributed by atoms with Gasteiger partial charge in [0.05, 0.1) is 12.2 Å². The molecule has 0 spiro atoms. The van der Waals surface area contributed by atoms with E-state index in [1.165, 1.54) is 21.2 Å². The predicted octanol–water partition coefficient (Wildman–Crippen LogP) is 4.01. The van der Waals surface area contributed by atoms with Crippen molar-refractivity contribution < 1.29 is 28.6 Å². The van der Waals surface area contributed by atoms with Gasteiger partial charge in [0, 0.05) is 23.7 Å². The molecule has 0 aliphatic carbocycles. The van der Waals surface area contributed by atoms with E-state index in [0.717, 1.165) is 10.1 Å². The average molecular weight is 617 g/mol. The minimum absolute atomic E-state index is 0.120. The summed E-state index contributed by atoms with van der Waals surface area (Å²) < 4.78 is 21.5. The monoisotopic (exact) mass is 616 g/mol. The lowest BCUT2D eigenvalue weighted by atomic mass is 9.83. The third-order valence-corrected chi connectivity index (χ3v) is 8.33. The molecule has 3 aliphatic heterocycles. The summed E-state index contributed by atoms with van der Waals surface area (Å²) in [5.41, 5.74) is -0.333. The van der Waals surface area contributed by atoms with Crippen LogP contribution in [0.25, 0.3) is 5.69 Å². The fourth-order valence-electron chi connectivity index (χ4n) is 6.24. The number of aromatic nitrogens is 3. The van der Waals surface area contributed by atoms with Crippen molar-refractivity contribution in [3.8, 4) is 17.2 Å². The highest BCUT2D eigenvalue weighted by atomic mass is 16.6. The molecular weight excluding hydrogens is 580 g/mol. The molecule has 3 aliphatic rings. The average Bonchev–Trinajstić information content (AvgIpc) is 3.55. The highest BCUT2D eigenvalue weighted by Gasteiger charge is 2.44. The van der Waals surface area contributed by atoms with Crippen LogP contribution in [0.2, 0.25) is 0 Å². The van der Waals surface area contributed by atoms with Crippen LogP contribution in [0, 0.1) is 0 Å². The number of hydrogen-bond acceptors (Lipinski definition) is 8. The molecule has 2 atom stereocenters. The first-order chi connectivity index (χ1) is 21.2. The number of carbonyl (C=O) groups excluding carboxylic acids is 3. The number of benzene rings is 2. The van der Waals surface area contributed by atoms with Crippen LogP contribution in [-0.4, -0.2) is 60.5 Å². The first kappa shape index (κ1) is 30.2. The minimum atomic E-state index is -0.856. The van der Waals surface area contributed by atoms with Gasteiger partial charge in [0.25, 0.3) is 0 Å². The summed E-state index contributed by atoms with van der Waals surface area (Å²) in [5.74, 6) is -0.0779. The van der Waals surface area contributed by atoms with Crippen molar-refractivity contribution in [1.29, 1.82) is 0 Å². The molecule has 2 aromatic carbocycles. The number of likely N-dealkylation sites (tertiary alicyclic amines) is 1. The Morgan fingerprint density at radius 3 is 2.38 bits per heavy atom. The lowest BCUT2D eigenvalue weighted by Gasteiger charge is -2.42. The number of ketones is 1. The highest BCUT2D eigenvalue weighted by molar-refractivity contribution is 5.94. The molecule has 236 valence electrons. The van der Waals surface area contributed by atoms with Gasteiger partial charge in [0.2, 0.25) is 0 Å². The van der Waals surface area contributed by atoms with E-state index >= 15 is 0 Å². The van der Waals surface area contributed by atoms with Gasteiger partial charge < -0.3 is 14.2 Å². The molecule has 1 saturated heterocycles. The van der Waals surface area contributed by atoms with Crippen LogP contribution < -0.4 is 20.9 Å². The zero-order valence-corrected chi connectivity index (χ0v) is 26.2. The summed E-state index contributed by atoms with van der Waals surface area (Å²) in [6.07, 6.45) is 2.44. The van der Waals surface area contributed by atoms with Crippen LogP contribution in [0.3, 0.4) is 0 Å². The van der Waals surface area contributed by atoms with Gasteiger partial charge in [-0.1, -0.05) is 6.08 Å². The van der Waals surface area contributed by atoms with Crippen molar-refractivity contribution >= 4 is 17.8 Å². The molecule has 1 unspecified atom stereocenters. The molecule has 12 nitrogen and oxygen atoms in total. The first-order valence-electron chi connectivity index (χ1n) is 15.0. The van der Waals surface area contributed by atoms with Crippen molar-refractivity contribution in [3.63, 3.8) is 0 Å². The quantitative estimate of drug-likeness (QED) is 0.186. The molecule has 4 heterocycles. The number of amides is 1. The van der Waals surface area contributed by atoms with E-state index in [2.05, 4.69) is 0 Å². The molecular formula is C33H36N4O8. The summed E-state index contributed by atoms with van der Waals surface area (Å²) in [6.45, 7) is 11.1. The summed E-state index contributed by atoms with van der Waals surface area (Å²) in [7, 11) is 0. The fraction of sp³-hybridized carbons (Fsp3) is 0.424. The largest absolute Gasteiger partial charge is 0.483 e. The Kier molecular flexibility index (Phi) is 7.13. The number of ether oxygens (including phenoxy) is 3. The second-order valence-corrected chi connectivity index (χ2v) is 13.1. The van der Waals surface area contributed by atoms with E-state index in [4.69, 9.17) is 14.2 Å². The summed E-state index contributed by atoms with van der Waals surface area (Å²) in [4.78, 5) is 66.6. The summed E-state index contributed by atoms with van der Waals surface area (Å²) in [5, 5.41) is 0. The van der Waals surface area contributed by atoms with Gasteiger partial charge in [0.15, 0.2) is 5.78 Å². The Morgan fingerprint density at radius 1 is 1.00 bits per heavy atom. The van der Waals surface area contributed by atoms with Gasteiger partial charge in [-0.15, -0.1) is 0 Å². The van der Waals surface area contributed by atoms with Crippen LogP contribution in [0.4, 0.5) is 4.79 Å². The van der Waals surface area contributed by atoms with Gasteiger partial charge in [-0.2, -0.15) is 0 Å². The number of allylic oxidation sites excluding steroid dienone is 1. The molecule has 1 aromatic heterocycles. The Hall–Kier alpha value is -4.87.